The number of hydrogen-bond donors (Lipinski definition) is 1. The summed E-state index contributed by atoms with van der Waals surface area (Å²) in [6.07, 6.45) is 0. The Morgan fingerprint density at radius 1 is 1.19 bits per heavy atom. The second-order valence-corrected chi connectivity index (χ2v) is 6.85. The minimum atomic E-state index is -0.430. The third-order valence-corrected chi connectivity index (χ3v) is 5.21. The van der Waals surface area contributed by atoms with Gasteiger partial charge in [0.1, 0.15) is 16.4 Å². The molecule has 26 heavy (non-hydrogen) atoms. The standard InChI is InChI=1S/C19H13FN2O2S2/c1-24-14-7-2-4-11(8-14)15-10-26-17-16(15)18(23)22(19(25)21-17)13-6-3-5-12(20)9-13/h2-10H,1H3,(H,21,25). The molecule has 0 spiro atoms. The molecular formula is C19H13FN2O2S2. The lowest BCUT2D eigenvalue weighted by molar-refractivity contribution is 0.415. The van der Waals surface area contributed by atoms with Gasteiger partial charge in [0.05, 0.1) is 18.2 Å². The number of hydrogen-bond acceptors (Lipinski definition) is 5. The Labute approximate surface area is 157 Å². The Morgan fingerprint density at radius 3 is 2.77 bits per heavy atom. The van der Waals surface area contributed by atoms with Crippen LogP contribution >= 0.6 is 24.0 Å². The molecule has 2 aromatic carbocycles. The quantitative estimate of drug-likeness (QED) is 0.416. The Bertz CT molecular complexity index is 1180. The maximum Gasteiger partial charge on any atom is 0.268 e. The molecule has 0 radical (unpaired) electrons. The molecule has 4 aromatic rings. The van der Waals surface area contributed by atoms with Crippen LogP contribution in [0.25, 0.3) is 27.0 Å². The number of ether oxygens (including phenoxy) is 1. The Hall–Kier alpha value is -2.64. The highest BCUT2D eigenvalue weighted by molar-refractivity contribution is 7.80. The molecule has 0 N–H and O–H groups in total. The van der Waals surface area contributed by atoms with Crippen LogP contribution in [0.1, 0.15) is 0 Å². The summed E-state index contributed by atoms with van der Waals surface area (Å²) in [7, 11) is 1.59. The van der Waals surface area contributed by atoms with Crippen molar-refractivity contribution < 1.29 is 9.13 Å². The predicted molar refractivity (Wildman–Crippen MR) is 104 cm³/mol. The Balaban J connectivity index is 2.01. The van der Waals surface area contributed by atoms with Crippen molar-refractivity contribution >= 4 is 34.2 Å². The number of methoxy groups -OCH3 is 1. The van der Waals surface area contributed by atoms with Crippen LogP contribution in [0.3, 0.4) is 0 Å². The summed E-state index contributed by atoms with van der Waals surface area (Å²) in [6.45, 7) is 0. The highest BCUT2D eigenvalue weighted by atomic mass is 32.1. The fraction of sp³-hybridized carbons (Fsp3) is 0.0526. The molecule has 0 fully saturated rings. The van der Waals surface area contributed by atoms with E-state index in [4.69, 9.17) is 4.74 Å². The average Bonchev–Trinajstić information content (AvgIpc) is 3.06. The van der Waals surface area contributed by atoms with Gasteiger partial charge in [0.15, 0.2) is 5.16 Å². The van der Waals surface area contributed by atoms with Gasteiger partial charge in [-0.15, -0.1) is 24.0 Å². The number of rotatable bonds is 3. The summed E-state index contributed by atoms with van der Waals surface area (Å²) in [5.74, 6) is 0.270. The first-order chi connectivity index (χ1) is 12.6. The summed E-state index contributed by atoms with van der Waals surface area (Å²) in [4.78, 5) is 18.2. The van der Waals surface area contributed by atoms with Crippen LogP contribution in [-0.2, 0) is 0 Å². The summed E-state index contributed by atoms with van der Waals surface area (Å²) >= 11 is 5.70. The molecule has 0 atom stereocenters. The number of halogens is 1. The van der Waals surface area contributed by atoms with E-state index >= 15 is 0 Å². The van der Waals surface area contributed by atoms with Crippen LogP contribution in [-0.4, -0.2) is 16.7 Å². The van der Waals surface area contributed by atoms with Crippen LogP contribution in [0.2, 0.25) is 0 Å². The van der Waals surface area contributed by atoms with Crippen LogP contribution < -0.4 is 10.3 Å². The summed E-state index contributed by atoms with van der Waals surface area (Å²) in [5, 5.41) is 2.58. The van der Waals surface area contributed by atoms with Gasteiger partial charge >= 0.3 is 0 Å². The van der Waals surface area contributed by atoms with E-state index in [-0.39, 0.29) is 10.7 Å². The molecule has 0 unspecified atom stereocenters. The van der Waals surface area contributed by atoms with Gasteiger partial charge in [0.25, 0.3) is 5.56 Å². The summed E-state index contributed by atoms with van der Waals surface area (Å²) in [5.41, 5.74) is 1.72. The third-order valence-electron chi connectivity index (χ3n) is 4.04. The van der Waals surface area contributed by atoms with Crippen molar-refractivity contribution in [1.82, 2.24) is 9.55 Å². The number of benzene rings is 2. The van der Waals surface area contributed by atoms with Crippen molar-refractivity contribution in [2.45, 2.75) is 5.16 Å². The zero-order valence-electron chi connectivity index (χ0n) is 13.6. The van der Waals surface area contributed by atoms with Gasteiger partial charge in [-0.3, -0.25) is 9.36 Å². The number of thiol groups is 1. The van der Waals surface area contributed by atoms with E-state index in [2.05, 4.69) is 17.6 Å². The summed E-state index contributed by atoms with van der Waals surface area (Å²) in [6, 6.07) is 13.3. The fourth-order valence-electron chi connectivity index (χ4n) is 2.83. The maximum absolute atomic E-state index is 13.6. The van der Waals surface area contributed by atoms with Crippen LogP contribution in [0.4, 0.5) is 4.39 Å². The zero-order chi connectivity index (χ0) is 18.3. The SMILES string of the molecule is COc1cccc(-c2csc3nc(S)n(-c4cccc(F)c4)c(=O)c23)c1. The summed E-state index contributed by atoms with van der Waals surface area (Å²) < 4.78 is 20.2. The van der Waals surface area contributed by atoms with E-state index in [1.165, 1.54) is 28.0 Å². The first-order valence-electron chi connectivity index (χ1n) is 7.72. The molecule has 0 saturated carbocycles. The highest BCUT2D eigenvalue weighted by Crippen LogP contribution is 2.33. The Morgan fingerprint density at radius 2 is 2.00 bits per heavy atom. The van der Waals surface area contributed by atoms with E-state index in [0.29, 0.717) is 21.7 Å². The van der Waals surface area contributed by atoms with Crippen molar-refractivity contribution in [2.75, 3.05) is 7.11 Å². The molecule has 0 amide bonds. The molecule has 2 aromatic heterocycles. The maximum atomic E-state index is 13.6. The molecule has 0 aliphatic carbocycles. The number of thiophene rings is 1. The lowest BCUT2D eigenvalue weighted by Gasteiger charge is -2.10. The molecule has 2 heterocycles. The second-order valence-electron chi connectivity index (χ2n) is 5.59. The van der Waals surface area contributed by atoms with E-state index in [1.54, 1.807) is 19.2 Å². The minimum absolute atomic E-state index is 0.215. The van der Waals surface area contributed by atoms with Crippen LogP contribution in [0.5, 0.6) is 5.75 Å². The van der Waals surface area contributed by atoms with Gasteiger partial charge in [0, 0.05) is 10.9 Å². The van der Waals surface area contributed by atoms with Crippen molar-refractivity contribution in [3.63, 3.8) is 0 Å². The van der Waals surface area contributed by atoms with E-state index in [1.807, 2.05) is 29.6 Å². The van der Waals surface area contributed by atoms with Crippen molar-refractivity contribution in [1.29, 1.82) is 0 Å². The van der Waals surface area contributed by atoms with E-state index < -0.39 is 5.82 Å². The number of aromatic nitrogens is 2. The van der Waals surface area contributed by atoms with Crippen molar-refractivity contribution in [2.24, 2.45) is 0 Å². The second kappa shape index (κ2) is 6.59. The van der Waals surface area contributed by atoms with Gasteiger partial charge in [-0.1, -0.05) is 18.2 Å². The van der Waals surface area contributed by atoms with Gasteiger partial charge < -0.3 is 4.74 Å². The first-order valence-corrected chi connectivity index (χ1v) is 9.05. The molecular weight excluding hydrogens is 371 g/mol. The topological polar surface area (TPSA) is 44.1 Å². The molecule has 0 saturated heterocycles. The highest BCUT2D eigenvalue weighted by Gasteiger charge is 2.17. The molecule has 4 nitrogen and oxygen atoms in total. The van der Waals surface area contributed by atoms with Gasteiger partial charge in [-0.2, -0.15) is 0 Å². The molecule has 4 rings (SSSR count). The minimum Gasteiger partial charge on any atom is -0.497 e. The van der Waals surface area contributed by atoms with E-state index in [9.17, 15) is 9.18 Å². The largest absolute Gasteiger partial charge is 0.497 e. The lowest BCUT2D eigenvalue weighted by atomic mass is 10.1. The Kier molecular flexibility index (Phi) is 4.26. The molecule has 7 heteroatoms. The van der Waals surface area contributed by atoms with Crippen molar-refractivity contribution in [3.8, 4) is 22.6 Å². The molecule has 0 aliphatic rings. The predicted octanol–water partition coefficient (Wildman–Crippen LogP) is 4.55. The molecule has 130 valence electrons. The van der Waals surface area contributed by atoms with E-state index in [0.717, 1.165) is 11.1 Å². The first kappa shape index (κ1) is 16.8. The average molecular weight is 384 g/mol. The van der Waals surface area contributed by atoms with Gasteiger partial charge in [-0.05, 0) is 35.9 Å². The monoisotopic (exact) mass is 384 g/mol. The smallest absolute Gasteiger partial charge is 0.268 e. The van der Waals surface area contributed by atoms with Gasteiger partial charge in [0.2, 0.25) is 0 Å². The molecule has 0 aliphatic heterocycles. The van der Waals surface area contributed by atoms with Crippen LogP contribution in [0.15, 0.2) is 63.9 Å². The van der Waals surface area contributed by atoms with Gasteiger partial charge in [-0.25, -0.2) is 9.37 Å². The zero-order valence-corrected chi connectivity index (χ0v) is 15.4. The fourth-order valence-corrected chi connectivity index (χ4v) is 4.14. The van der Waals surface area contributed by atoms with Crippen molar-refractivity contribution in [3.05, 3.63) is 70.1 Å². The van der Waals surface area contributed by atoms with Crippen LogP contribution in [0, 0.1) is 5.82 Å². The normalized spacial score (nSPS) is 11.0. The lowest BCUT2D eigenvalue weighted by Crippen LogP contribution is -2.20. The number of fused-ring (bicyclic) bond motifs is 1. The number of nitrogens with zero attached hydrogens (tertiary/aromatic N) is 2. The molecule has 0 bridgehead atoms. The third kappa shape index (κ3) is 2.79.